The normalized spacial score (nSPS) is 11.3. The van der Waals surface area contributed by atoms with Crippen molar-refractivity contribution in [3.05, 3.63) is 46.4 Å². The number of hydrogen-bond acceptors (Lipinski definition) is 6. The molecular formula is C15H11Cl2N3O5S. The average Bonchev–Trinajstić information content (AvgIpc) is 2.98. The van der Waals surface area contributed by atoms with E-state index < -0.39 is 16.2 Å². The summed E-state index contributed by atoms with van der Waals surface area (Å²) in [7, 11) is -2.97. The molecule has 3 rings (SSSR count). The number of nitrogens with zero attached hydrogens (tertiary/aromatic N) is 1. The highest BCUT2D eigenvalue weighted by Gasteiger charge is 2.22. The van der Waals surface area contributed by atoms with Crippen molar-refractivity contribution >= 4 is 56.4 Å². The molecule has 0 aliphatic heterocycles. The van der Waals surface area contributed by atoms with E-state index in [4.69, 9.17) is 27.4 Å². The quantitative estimate of drug-likeness (QED) is 0.626. The summed E-state index contributed by atoms with van der Waals surface area (Å²) in [5.41, 5.74) is 0.934. The molecule has 0 spiro atoms. The first kappa shape index (κ1) is 18.3. The van der Waals surface area contributed by atoms with Gasteiger partial charge in [-0.2, -0.15) is 8.42 Å². The van der Waals surface area contributed by atoms with Crippen LogP contribution in [0.5, 0.6) is 5.75 Å². The van der Waals surface area contributed by atoms with Gasteiger partial charge in [-0.25, -0.2) is 9.78 Å². The first-order valence-corrected chi connectivity index (χ1v) is 9.20. The van der Waals surface area contributed by atoms with E-state index in [-0.39, 0.29) is 26.6 Å². The Morgan fingerprint density at radius 1 is 1.23 bits per heavy atom. The minimum Gasteiger partial charge on any atom is -0.453 e. The average molecular weight is 416 g/mol. The van der Waals surface area contributed by atoms with Crippen molar-refractivity contribution < 1.29 is 22.1 Å². The Morgan fingerprint density at radius 2 is 2.00 bits per heavy atom. The number of ether oxygens (including phenoxy) is 1. The van der Waals surface area contributed by atoms with Crippen LogP contribution in [0.25, 0.3) is 11.0 Å². The smallest absolute Gasteiger partial charge is 0.413 e. The maximum Gasteiger partial charge on any atom is 0.413 e. The fourth-order valence-corrected chi connectivity index (χ4v) is 3.76. The van der Waals surface area contributed by atoms with E-state index in [2.05, 4.69) is 20.0 Å². The maximum absolute atomic E-state index is 12.4. The predicted octanol–water partition coefficient (Wildman–Crippen LogP) is 3.82. The van der Waals surface area contributed by atoms with E-state index in [1.807, 2.05) is 0 Å². The number of methoxy groups -OCH3 is 1. The third-order valence-electron chi connectivity index (χ3n) is 3.25. The molecule has 0 saturated carbocycles. The summed E-state index contributed by atoms with van der Waals surface area (Å²) < 4.78 is 34.5. The van der Waals surface area contributed by atoms with E-state index >= 15 is 0 Å². The second-order valence-electron chi connectivity index (χ2n) is 4.97. The van der Waals surface area contributed by atoms with Crippen molar-refractivity contribution in [3.8, 4) is 5.75 Å². The molecule has 2 N–H and O–H groups in total. The van der Waals surface area contributed by atoms with Crippen LogP contribution < -0.4 is 9.50 Å². The lowest BCUT2D eigenvalue weighted by molar-refractivity contribution is 0.186. The Balaban J connectivity index is 1.91. The van der Waals surface area contributed by atoms with Gasteiger partial charge in [-0.15, -0.1) is 0 Å². The second kappa shape index (κ2) is 7.02. The number of nitrogens with one attached hydrogen (secondary N) is 2. The number of rotatable bonds is 4. The molecule has 0 unspecified atom stereocenters. The van der Waals surface area contributed by atoms with Crippen LogP contribution in [-0.4, -0.2) is 31.6 Å². The third-order valence-corrected chi connectivity index (χ3v) is 5.47. The summed E-state index contributed by atoms with van der Waals surface area (Å²) in [6.07, 6.45) is -0.696. The highest BCUT2D eigenvalue weighted by atomic mass is 35.5. The largest absolute Gasteiger partial charge is 0.453 e. The summed E-state index contributed by atoms with van der Waals surface area (Å²) in [5.74, 6) is 0.173. The van der Waals surface area contributed by atoms with Crippen LogP contribution in [0.4, 0.5) is 10.7 Å². The van der Waals surface area contributed by atoms with Gasteiger partial charge in [-0.3, -0.25) is 5.32 Å². The van der Waals surface area contributed by atoms with E-state index in [9.17, 15) is 13.2 Å². The van der Waals surface area contributed by atoms with E-state index in [0.29, 0.717) is 11.0 Å². The van der Waals surface area contributed by atoms with Crippen molar-refractivity contribution in [1.29, 1.82) is 0 Å². The van der Waals surface area contributed by atoms with Crippen molar-refractivity contribution in [2.24, 2.45) is 0 Å². The second-order valence-corrected chi connectivity index (χ2v) is 7.27. The highest BCUT2D eigenvalue weighted by molar-refractivity contribution is 7.87. The van der Waals surface area contributed by atoms with Crippen LogP contribution in [-0.2, 0) is 14.9 Å². The zero-order valence-corrected chi connectivity index (χ0v) is 15.4. The van der Waals surface area contributed by atoms with Gasteiger partial charge < -0.3 is 13.9 Å². The fraction of sp³-hybridized carbons (Fsp3) is 0.0667. The van der Waals surface area contributed by atoms with Crippen LogP contribution in [0.2, 0.25) is 10.0 Å². The minimum atomic E-state index is -4.19. The summed E-state index contributed by atoms with van der Waals surface area (Å²) in [6.45, 7) is 0. The van der Waals surface area contributed by atoms with Gasteiger partial charge in [0.05, 0.1) is 28.2 Å². The topological polar surface area (TPSA) is 110 Å². The number of carbonyl (C=O) groups excluding carboxylic acids is 1. The number of carbonyl (C=O) groups is 1. The monoisotopic (exact) mass is 415 g/mol. The minimum absolute atomic E-state index is 0.0295. The molecule has 1 amide bonds. The van der Waals surface area contributed by atoms with Gasteiger partial charge in [0, 0.05) is 6.07 Å². The number of aromatic nitrogens is 2. The molecule has 1 aromatic heterocycles. The molecular weight excluding hydrogens is 405 g/mol. The Labute approximate surface area is 158 Å². The molecule has 0 aliphatic carbocycles. The molecule has 2 aromatic carbocycles. The summed E-state index contributed by atoms with van der Waals surface area (Å²) in [6, 6.07) is 8.57. The van der Waals surface area contributed by atoms with Crippen LogP contribution in [0.15, 0.2) is 41.3 Å². The van der Waals surface area contributed by atoms with Crippen LogP contribution in [0.3, 0.4) is 0 Å². The number of imidazole rings is 1. The Morgan fingerprint density at radius 3 is 2.73 bits per heavy atom. The van der Waals surface area contributed by atoms with Gasteiger partial charge in [0.1, 0.15) is 10.6 Å². The Bertz CT molecular complexity index is 1100. The van der Waals surface area contributed by atoms with E-state index in [0.717, 1.165) is 0 Å². The van der Waals surface area contributed by atoms with Gasteiger partial charge in [0.15, 0.2) is 0 Å². The van der Waals surface area contributed by atoms with Crippen LogP contribution >= 0.6 is 23.2 Å². The highest BCUT2D eigenvalue weighted by Crippen LogP contribution is 2.31. The maximum atomic E-state index is 12.4. The molecule has 0 fully saturated rings. The Kier molecular flexibility index (Phi) is 4.94. The number of H-pyrrole nitrogens is 1. The number of anilines is 1. The van der Waals surface area contributed by atoms with Gasteiger partial charge in [-0.1, -0.05) is 29.3 Å². The number of fused-ring (bicyclic) bond motifs is 1. The lowest BCUT2D eigenvalue weighted by atomic mass is 10.3. The summed E-state index contributed by atoms with van der Waals surface area (Å²) in [5, 5.41) is 2.34. The third kappa shape index (κ3) is 3.69. The lowest BCUT2D eigenvalue weighted by Crippen LogP contribution is -2.11. The van der Waals surface area contributed by atoms with Crippen molar-refractivity contribution in [2.45, 2.75) is 4.90 Å². The van der Waals surface area contributed by atoms with Crippen LogP contribution in [0.1, 0.15) is 0 Å². The van der Waals surface area contributed by atoms with Gasteiger partial charge in [0.25, 0.3) is 0 Å². The first-order chi connectivity index (χ1) is 12.3. The Hall–Kier alpha value is -2.49. The molecule has 8 nitrogen and oxygen atoms in total. The fourth-order valence-electron chi connectivity index (χ4n) is 2.10. The molecule has 136 valence electrons. The summed E-state index contributed by atoms with van der Waals surface area (Å²) in [4.78, 5) is 17.9. The summed E-state index contributed by atoms with van der Waals surface area (Å²) >= 11 is 11.8. The van der Waals surface area contributed by atoms with E-state index in [1.165, 1.54) is 43.5 Å². The molecule has 1 heterocycles. The van der Waals surface area contributed by atoms with Gasteiger partial charge >= 0.3 is 16.2 Å². The molecule has 0 bridgehead atoms. The van der Waals surface area contributed by atoms with Gasteiger partial charge in [-0.05, 0) is 24.3 Å². The standard InChI is InChI=1S/C15H11Cl2N3O5S/c1-24-15(21)20-14-18-10-6-5-8(7-11(10)19-14)25-26(22,23)12-4-2-3-9(16)13(12)17/h2-7H,1H3,(H2,18,19,20,21). The SMILES string of the molecule is COC(=O)Nc1nc2ccc(OS(=O)(=O)c3cccc(Cl)c3Cl)cc2[nH]1. The predicted molar refractivity (Wildman–Crippen MR) is 96.4 cm³/mol. The number of hydrogen-bond donors (Lipinski definition) is 2. The van der Waals surface area contributed by atoms with Crippen LogP contribution in [0, 0.1) is 0 Å². The molecule has 11 heteroatoms. The number of benzene rings is 2. The van der Waals surface area contributed by atoms with E-state index in [1.54, 1.807) is 0 Å². The number of halogens is 2. The zero-order valence-electron chi connectivity index (χ0n) is 13.1. The van der Waals surface area contributed by atoms with Crippen molar-refractivity contribution in [1.82, 2.24) is 9.97 Å². The number of amides is 1. The molecule has 0 aliphatic rings. The molecule has 0 saturated heterocycles. The lowest BCUT2D eigenvalue weighted by Gasteiger charge is -2.09. The first-order valence-electron chi connectivity index (χ1n) is 7.03. The zero-order chi connectivity index (χ0) is 18.9. The number of aromatic amines is 1. The molecule has 0 atom stereocenters. The molecule has 26 heavy (non-hydrogen) atoms. The molecule has 0 radical (unpaired) electrons. The van der Waals surface area contributed by atoms with Gasteiger partial charge in [0.2, 0.25) is 5.95 Å². The van der Waals surface area contributed by atoms with Crippen molar-refractivity contribution in [2.75, 3.05) is 12.4 Å². The molecule has 3 aromatic rings. The van der Waals surface area contributed by atoms with Crippen molar-refractivity contribution in [3.63, 3.8) is 0 Å².